The van der Waals surface area contributed by atoms with Gasteiger partial charge in [-0.3, -0.25) is 0 Å². The molecule has 2 unspecified atom stereocenters. The first kappa shape index (κ1) is 14.8. The fourth-order valence-electron chi connectivity index (χ4n) is 3.79. The van der Waals surface area contributed by atoms with Crippen molar-refractivity contribution >= 4 is 0 Å². The van der Waals surface area contributed by atoms with Gasteiger partial charge in [0.1, 0.15) is 0 Å². The fourth-order valence-corrected chi connectivity index (χ4v) is 3.79. The summed E-state index contributed by atoms with van der Waals surface area (Å²) >= 11 is 0. The lowest BCUT2D eigenvalue weighted by molar-refractivity contribution is 0.131. The van der Waals surface area contributed by atoms with E-state index in [1.807, 2.05) is 0 Å². The molecule has 2 rings (SSSR count). The van der Waals surface area contributed by atoms with Crippen LogP contribution >= 0.6 is 0 Å². The highest BCUT2D eigenvalue weighted by molar-refractivity contribution is 4.94. The highest BCUT2D eigenvalue weighted by Crippen LogP contribution is 2.37. The van der Waals surface area contributed by atoms with Crippen molar-refractivity contribution in [3.05, 3.63) is 0 Å². The number of nitrogens with one attached hydrogen (secondary N) is 1. The van der Waals surface area contributed by atoms with Crippen LogP contribution in [0, 0.1) is 22.7 Å². The SMILES string of the molecule is CN1C2CCC1CC(CNCC(C)(C)CCC#N)C2. The summed E-state index contributed by atoms with van der Waals surface area (Å²) in [6, 6.07) is 3.94. The molecule has 0 spiro atoms. The van der Waals surface area contributed by atoms with Gasteiger partial charge in [-0.05, 0) is 57.0 Å². The Kier molecular flexibility index (Phi) is 4.86. The van der Waals surface area contributed by atoms with Gasteiger partial charge >= 0.3 is 0 Å². The molecule has 108 valence electrons. The summed E-state index contributed by atoms with van der Waals surface area (Å²) in [6.07, 6.45) is 7.23. The summed E-state index contributed by atoms with van der Waals surface area (Å²) in [4.78, 5) is 2.60. The van der Waals surface area contributed by atoms with Crippen LogP contribution in [0.15, 0.2) is 0 Å². The van der Waals surface area contributed by atoms with E-state index in [0.717, 1.165) is 37.5 Å². The summed E-state index contributed by atoms with van der Waals surface area (Å²) in [6.45, 7) is 6.72. The summed E-state index contributed by atoms with van der Waals surface area (Å²) in [5, 5.41) is 12.3. The number of nitriles is 1. The zero-order valence-electron chi connectivity index (χ0n) is 12.8. The topological polar surface area (TPSA) is 39.1 Å². The van der Waals surface area contributed by atoms with E-state index in [1.54, 1.807) is 0 Å². The Morgan fingerprint density at radius 1 is 1.26 bits per heavy atom. The molecule has 2 bridgehead atoms. The standard InChI is InChI=1S/C16H29N3/c1-16(2,7-4-8-17)12-18-11-13-9-14-5-6-15(10-13)19(14)3/h13-15,18H,4-7,9-12H2,1-3H3. The van der Waals surface area contributed by atoms with Crippen molar-refractivity contribution < 1.29 is 0 Å². The van der Waals surface area contributed by atoms with Gasteiger partial charge in [0.15, 0.2) is 0 Å². The van der Waals surface area contributed by atoms with E-state index in [-0.39, 0.29) is 5.41 Å². The average molecular weight is 263 g/mol. The minimum atomic E-state index is 0.250. The molecule has 0 aliphatic carbocycles. The molecule has 2 heterocycles. The van der Waals surface area contributed by atoms with E-state index >= 15 is 0 Å². The van der Waals surface area contributed by atoms with Crippen molar-refractivity contribution in [3.63, 3.8) is 0 Å². The molecule has 2 fully saturated rings. The van der Waals surface area contributed by atoms with Crippen LogP contribution in [0.25, 0.3) is 0 Å². The third-order valence-electron chi connectivity index (χ3n) is 5.15. The number of rotatable bonds is 6. The van der Waals surface area contributed by atoms with Crippen molar-refractivity contribution in [2.75, 3.05) is 20.1 Å². The quantitative estimate of drug-likeness (QED) is 0.801. The van der Waals surface area contributed by atoms with E-state index in [2.05, 4.69) is 37.2 Å². The van der Waals surface area contributed by atoms with Crippen LogP contribution in [0.4, 0.5) is 0 Å². The van der Waals surface area contributed by atoms with Gasteiger partial charge < -0.3 is 10.2 Å². The molecule has 19 heavy (non-hydrogen) atoms. The molecule has 2 atom stereocenters. The Bertz CT molecular complexity index is 317. The Balaban J connectivity index is 1.68. The van der Waals surface area contributed by atoms with Gasteiger partial charge in [-0.15, -0.1) is 0 Å². The van der Waals surface area contributed by atoms with Crippen molar-refractivity contribution in [2.24, 2.45) is 11.3 Å². The highest BCUT2D eigenvalue weighted by Gasteiger charge is 2.38. The Morgan fingerprint density at radius 3 is 2.47 bits per heavy atom. The van der Waals surface area contributed by atoms with Crippen molar-refractivity contribution in [3.8, 4) is 6.07 Å². The summed E-state index contributed by atoms with van der Waals surface area (Å²) in [5.41, 5.74) is 0.250. The second-order valence-corrected chi connectivity index (χ2v) is 7.34. The number of fused-ring (bicyclic) bond motifs is 2. The molecule has 0 aromatic heterocycles. The Labute approximate surface area is 118 Å². The molecule has 0 aromatic carbocycles. The first-order valence-corrected chi connectivity index (χ1v) is 7.81. The van der Waals surface area contributed by atoms with E-state index in [0.29, 0.717) is 6.42 Å². The van der Waals surface area contributed by atoms with Crippen LogP contribution in [-0.2, 0) is 0 Å². The molecule has 3 heteroatoms. The van der Waals surface area contributed by atoms with Gasteiger partial charge in [-0.25, -0.2) is 0 Å². The minimum absolute atomic E-state index is 0.250. The van der Waals surface area contributed by atoms with Crippen LogP contribution in [0.3, 0.4) is 0 Å². The van der Waals surface area contributed by atoms with Crippen molar-refractivity contribution in [1.29, 1.82) is 5.26 Å². The minimum Gasteiger partial charge on any atom is -0.316 e. The normalized spacial score (nSPS) is 31.4. The molecule has 1 N–H and O–H groups in total. The molecule has 0 radical (unpaired) electrons. The van der Waals surface area contributed by atoms with Gasteiger partial charge in [-0.1, -0.05) is 13.8 Å². The lowest BCUT2D eigenvalue weighted by atomic mass is 9.87. The number of nitrogens with zero attached hydrogens (tertiary/aromatic N) is 2. The fraction of sp³-hybridized carbons (Fsp3) is 0.938. The molecule has 2 saturated heterocycles. The van der Waals surface area contributed by atoms with Crippen LogP contribution in [0.2, 0.25) is 0 Å². The maximum atomic E-state index is 8.67. The first-order chi connectivity index (χ1) is 9.02. The van der Waals surface area contributed by atoms with Crippen LogP contribution in [0.5, 0.6) is 0 Å². The van der Waals surface area contributed by atoms with Gasteiger partial charge in [-0.2, -0.15) is 5.26 Å². The van der Waals surface area contributed by atoms with E-state index in [1.165, 1.54) is 25.7 Å². The van der Waals surface area contributed by atoms with Gasteiger partial charge in [0, 0.05) is 25.0 Å². The van der Waals surface area contributed by atoms with E-state index in [4.69, 9.17) is 5.26 Å². The molecular formula is C16H29N3. The zero-order chi connectivity index (χ0) is 13.9. The second kappa shape index (κ2) is 6.24. The second-order valence-electron chi connectivity index (χ2n) is 7.34. The number of hydrogen-bond donors (Lipinski definition) is 1. The molecule has 3 nitrogen and oxygen atoms in total. The Morgan fingerprint density at radius 2 is 1.89 bits per heavy atom. The summed E-state index contributed by atoms with van der Waals surface area (Å²) in [7, 11) is 2.30. The third-order valence-corrected chi connectivity index (χ3v) is 5.15. The smallest absolute Gasteiger partial charge is 0.0621 e. The summed E-state index contributed by atoms with van der Waals surface area (Å²) in [5.74, 6) is 0.862. The number of piperidine rings is 1. The molecule has 0 aromatic rings. The molecular weight excluding hydrogens is 234 g/mol. The zero-order valence-corrected chi connectivity index (χ0v) is 12.8. The van der Waals surface area contributed by atoms with E-state index < -0.39 is 0 Å². The molecule has 2 aliphatic heterocycles. The molecule has 0 saturated carbocycles. The lowest BCUT2D eigenvalue weighted by Crippen LogP contribution is -2.43. The van der Waals surface area contributed by atoms with Crippen molar-refractivity contribution in [2.45, 2.75) is 64.5 Å². The van der Waals surface area contributed by atoms with Crippen LogP contribution in [0.1, 0.15) is 52.4 Å². The number of hydrogen-bond acceptors (Lipinski definition) is 3. The molecule has 0 amide bonds. The Hall–Kier alpha value is -0.590. The predicted octanol–water partition coefficient (Wildman–Crippen LogP) is 2.78. The average Bonchev–Trinajstić information content (AvgIpc) is 2.60. The van der Waals surface area contributed by atoms with Gasteiger partial charge in [0.05, 0.1) is 6.07 Å². The van der Waals surface area contributed by atoms with Crippen LogP contribution in [-0.4, -0.2) is 37.1 Å². The molecule has 2 aliphatic rings. The van der Waals surface area contributed by atoms with Gasteiger partial charge in [0.25, 0.3) is 0 Å². The monoisotopic (exact) mass is 263 g/mol. The predicted molar refractivity (Wildman–Crippen MR) is 78.8 cm³/mol. The van der Waals surface area contributed by atoms with Gasteiger partial charge in [0.2, 0.25) is 0 Å². The van der Waals surface area contributed by atoms with Crippen molar-refractivity contribution in [1.82, 2.24) is 10.2 Å². The maximum Gasteiger partial charge on any atom is 0.0621 e. The third kappa shape index (κ3) is 3.94. The largest absolute Gasteiger partial charge is 0.316 e. The van der Waals surface area contributed by atoms with Crippen LogP contribution < -0.4 is 5.32 Å². The van der Waals surface area contributed by atoms with E-state index in [9.17, 15) is 0 Å². The highest BCUT2D eigenvalue weighted by atomic mass is 15.2. The summed E-state index contributed by atoms with van der Waals surface area (Å²) < 4.78 is 0. The lowest BCUT2D eigenvalue weighted by Gasteiger charge is -2.37. The maximum absolute atomic E-state index is 8.67. The first-order valence-electron chi connectivity index (χ1n) is 7.81.